The maximum Gasteiger partial charge on any atom is 0.289 e. The van der Waals surface area contributed by atoms with Gasteiger partial charge in [0, 0.05) is 18.7 Å². The number of hydrogen-bond acceptors (Lipinski definition) is 5. The minimum absolute atomic E-state index is 0.0582. The van der Waals surface area contributed by atoms with Gasteiger partial charge in [0.05, 0.1) is 4.92 Å². The predicted molar refractivity (Wildman–Crippen MR) is 86.4 cm³/mol. The molecule has 0 aromatic heterocycles. The van der Waals surface area contributed by atoms with Crippen LogP contribution < -0.4 is 10.5 Å². The molecule has 0 saturated carbocycles. The zero-order valence-corrected chi connectivity index (χ0v) is 13.3. The van der Waals surface area contributed by atoms with Gasteiger partial charge in [0.2, 0.25) is 10.0 Å². The van der Waals surface area contributed by atoms with Crippen LogP contribution >= 0.6 is 0 Å². The molecule has 2 aromatic rings. The molecule has 122 valence electrons. The summed E-state index contributed by atoms with van der Waals surface area (Å²) in [6.07, 6.45) is 0. The van der Waals surface area contributed by atoms with Crippen LogP contribution in [-0.2, 0) is 10.0 Å². The molecular formula is C15H17N3O4S. The summed E-state index contributed by atoms with van der Waals surface area (Å²) in [5.74, 6) is 0. The summed E-state index contributed by atoms with van der Waals surface area (Å²) in [6.45, 7) is 1.60. The molecule has 8 heteroatoms. The van der Waals surface area contributed by atoms with Crippen molar-refractivity contribution in [2.24, 2.45) is 5.73 Å². The number of sulfonamides is 1. The highest BCUT2D eigenvalue weighted by molar-refractivity contribution is 7.89. The van der Waals surface area contributed by atoms with E-state index in [4.69, 9.17) is 5.73 Å². The molecule has 1 atom stereocenters. The van der Waals surface area contributed by atoms with E-state index in [0.29, 0.717) is 5.56 Å². The zero-order valence-electron chi connectivity index (χ0n) is 12.5. The van der Waals surface area contributed by atoms with E-state index in [2.05, 4.69) is 4.72 Å². The Bertz CT molecular complexity index is 807. The lowest BCUT2D eigenvalue weighted by Gasteiger charge is -2.13. The lowest BCUT2D eigenvalue weighted by Crippen LogP contribution is -2.32. The molecule has 0 bridgehead atoms. The van der Waals surface area contributed by atoms with Gasteiger partial charge in [-0.25, -0.2) is 13.1 Å². The number of nitrogens with two attached hydrogens (primary N) is 1. The summed E-state index contributed by atoms with van der Waals surface area (Å²) in [6, 6.07) is 12.4. The smallest absolute Gasteiger partial charge is 0.289 e. The molecule has 0 aliphatic carbocycles. The normalized spacial score (nSPS) is 12.8. The summed E-state index contributed by atoms with van der Waals surface area (Å²) in [5.41, 5.74) is 6.87. The molecule has 0 heterocycles. The Morgan fingerprint density at radius 1 is 1.22 bits per heavy atom. The number of nitro benzene ring substituents is 1. The Kier molecular flexibility index (Phi) is 5.09. The Balaban J connectivity index is 2.21. The fourth-order valence-corrected chi connectivity index (χ4v) is 3.30. The molecule has 2 rings (SSSR count). The zero-order chi connectivity index (χ0) is 17.0. The number of hydrogen-bond donors (Lipinski definition) is 2. The molecule has 7 nitrogen and oxygen atoms in total. The van der Waals surface area contributed by atoms with Crippen LogP contribution in [0, 0.1) is 17.0 Å². The van der Waals surface area contributed by atoms with Crippen molar-refractivity contribution in [1.82, 2.24) is 4.72 Å². The average molecular weight is 335 g/mol. The minimum atomic E-state index is -4.03. The second-order valence-corrected chi connectivity index (χ2v) is 6.83. The monoisotopic (exact) mass is 335 g/mol. The van der Waals surface area contributed by atoms with Crippen molar-refractivity contribution in [2.75, 3.05) is 6.54 Å². The van der Waals surface area contributed by atoms with Gasteiger partial charge in [0.1, 0.15) is 0 Å². The lowest BCUT2D eigenvalue weighted by atomic mass is 10.1. The first-order valence-corrected chi connectivity index (χ1v) is 8.35. The van der Waals surface area contributed by atoms with Crippen LogP contribution in [0.2, 0.25) is 0 Å². The minimum Gasteiger partial charge on any atom is -0.323 e. The van der Waals surface area contributed by atoms with Crippen molar-refractivity contribution in [2.45, 2.75) is 17.9 Å². The van der Waals surface area contributed by atoms with Gasteiger partial charge in [0.15, 0.2) is 4.90 Å². The van der Waals surface area contributed by atoms with Crippen molar-refractivity contribution in [1.29, 1.82) is 0 Å². The van der Waals surface area contributed by atoms with Crippen LogP contribution in [-0.4, -0.2) is 19.9 Å². The summed E-state index contributed by atoms with van der Waals surface area (Å²) in [4.78, 5) is 9.99. The van der Waals surface area contributed by atoms with E-state index in [1.807, 2.05) is 6.07 Å². The Morgan fingerprint density at radius 2 is 1.87 bits per heavy atom. The van der Waals surface area contributed by atoms with Gasteiger partial charge in [-0.1, -0.05) is 36.4 Å². The largest absolute Gasteiger partial charge is 0.323 e. The standard InChI is InChI=1S/C15H17N3O4S/c1-11-7-8-15(14(9-11)18(19)20)23(21,22)17-10-13(16)12-5-3-2-4-6-12/h2-9,13,17H,10,16H2,1H3/t13-/m0/s1. The molecule has 0 amide bonds. The van der Waals surface area contributed by atoms with Crippen LogP contribution in [0.4, 0.5) is 5.69 Å². The summed E-state index contributed by atoms with van der Waals surface area (Å²) in [7, 11) is -4.03. The quantitative estimate of drug-likeness (QED) is 0.618. The van der Waals surface area contributed by atoms with E-state index in [-0.39, 0.29) is 11.4 Å². The van der Waals surface area contributed by atoms with E-state index in [1.54, 1.807) is 31.2 Å². The Morgan fingerprint density at radius 3 is 2.48 bits per heavy atom. The summed E-state index contributed by atoms with van der Waals surface area (Å²) < 4.78 is 27.0. The molecule has 0 aliphatic heterocycles. The molecule has 0 saturated heterocycles. The second kappa shape index (κ2) is 6.86. The van der Waals surface area contributed by atoms with Gasteiger partial charge in [-0.3, -0.25) is 10.1 Å². The first-order chi connectivity index (χ1) is 10.8. The number of benzene rings is 2. The SMILES string of the molecule is Cc1ccc(S(=O)(=O)NC[C@H](N)c2ccccc2)c([N+](=O)[O-])c1. The third-order valence-corrected chi connectivity index (χ3v) is 4.79. The van der Waals surface area contributed by atoms with Gasteiger partial charge in [0.25, 0.3) is 5.69 Å². The second-order valence-electron chi connectivity index (χ2n) is 5.10. The highest BCUT2D eigenvalue weighted by Crippen LogP contribution is 2.24. The highest BCUT2D eigenvalue weighted by atomic mass is 32.2. The van der Waals surface area contributed by atoms with Gasteiger partial charge in [-0.05, 0) is 24.1 Å². The molecule has 0 spiro atoms. The van der Waals surface area contributed by atoms with Crippen LogP contribution in [0.15, 0.2) is 53.4 Å². The van der Waals surface area contributed by atoms with Gasteiger partial charge in [-0.15, -0.1) is 0 Å². The molecule has 2 aromatic carbocycles. The molecule has 0 unspecified atom stereocenters. The van der Waals surface area contributed by atoms with Gasteiger partial charge >= 0.3 is 0 Å². The van der Waals surface area contributed by atoms with E-state index in [0.717, 1.165) is 5.56 Å². The first-order valence-electron chi connectivity index (χ1n) is 6.86. The third kappa shape index (κ3) is 4.13. The van der Waals surface area contributed by atoms with Gasteiger partial charge < -0.3 is 5.73 Å². The van der Waals surface area contributed by atoms with Crippen molar-refractivity contribution in [3.63, 3.8) is 0 Å². The summed E-state index contributed by atoms with van der Waals surface area (Å²) in [5, 5.41) is 11.1. The van der Waals surface area contributed by atoms with E-state index >= 15 is 0 Å². The van der Waals surface area contributed by atoms with Crippen LogP contribution in [0.25, 0.3) is 0 Å². The molecule has 0 aliphatic rings. The van der Waals surface area contributed by atoms with Crippen molar-refractivity contribution >= 4 is 15.7 Å². The van der Waals surface area contributed by atoms with Gasteiger partial charge in [-0.2, -0.15) is 0 Å². The van der Waals surface area contributed by atoms with E-state index in [1.165, 1.54) is 18.2 Å². The first kappa shape index (κ1) is 17.1. The van der Waals surface area contributed by atoms with E-state index < -0.39 is 26.7 Å². The number of nitrogens with one attached hydrogen (secondary N) is 1. The Labute approximate surface area is 134 Å². The topological polar surface area (TPSA) is 115 Å². The maximum absolute atomic E-state index is 12.3. The Hall–Kier alpha value is -2.29. The van der Waals surface area contributed by atoms with Crippen molar-refractivity contribution < 1.29 is 13.3 Å². The summed E-state index contributed by atoms with van der Waals surface area (Å²) >= 11 is 0. The number of nitro groups is 1. The van der Waals surface area contributed by atoms with Crippen LogP contribution in [0.1, 0.15) is 17.2 Å². The van der Waals surface area contributed by atoms with Crippen LogP contribution in [0.3, 0.4) is 0 Å². The van der Waals surface area contributed by atoms with Crippen molar-refractivity contribution in [3.05, 3.63) is 69.8 Å². The molecule has 3 N–H and O–H groups in total. The fraction of sp³-hybridized carbons (Fsp3) is 0.200. The predicted octanol–water partition coefficient (Wildman–Crippen LogP) is 1.88. The maximum atomic E-state index is 12.3. The third-order valence-electron chi connectivity index (χ3n) is 3.32. The molecule has 0 fully saturated rings. The van der Waals surface area contributed by atoms with Crippen LogP contribution in [0.5, 0.6) is 0 Å². The number of nitrogens with zero attached hydrogens (tertiary/aromatic N) is 1. The fourth-order valence-electron chi connectivity index (χ4n) is 2.09. The number of aryl methyl sites for hydroxylation is 1. The molecule has 0 radical (unpaired) electrons. The van der Waals surface area contributed by atoms with Crippen molar-refractivity contribution in [3.8, 4) is 0 Å². The molecule has 23 heavy (non-hydrogen) atoms. The molecular weight excluding hydrogens is 318 g/mol. The average Bonchev–Trinajstić information content (AvgIpc) is 2.53. The highest BCUT2D eigenvalue weighted by Gasteiger charge is 2.26. The van der Waals surface area contributed by atoms with E-state index in [9.17, 15) is 18.5 Å². The lowest BCUT2D eigenvalue weighted by molar-refractivity contribution is -0.387. The number of rotatable bonds is 6.